The number of nitrogens with zero attached hydrogens (tertiary/aromatic N) is 3. The molecule has 0 amide bonds. The summed E-state index contributed by atoms with van der Waals surface area (Å²) >= 11 is 0. The molecule has 2 rings (SSSR count). The van der Waals surface area contributed by atoms with Crippen LogP contribution in [-0.2, 0) is 11.3 Å². The van der Waals surface area contributed by atoms with Crippen molar-refractivity contribution in [3.05, 3.63) is 29.8 Å². The average molecular weight is 380 g/mol. The fraction of sp³-hybridized carbons (Fsp3) is 0.500. The summed E-state index contributed by atoms with van der Waals surface area (Å²) in [7, 11) is 0. The summed E-state index contributed by atoms with van der Waals surface area (Å²) in [5, 5.41) is 0. The molecule has 0 radical (unpaired) electrons. The number of aromatic nitrogens is 1. The second-order valence-corrected chi connectivity index (χ2v) is 4.27. The molecule has 5 nitrogen and oxygen atoms in total. The lowest BCUT2D eigenvalue weighted by molar-refractivity contribution is 0.00528. The second-order valence-electron chi connectivity index (χ2n) is 4.27. The van der Waals surface area contributed by atoms with Gasteiger partial charge in [0.05, 0.1) is 31.1 Å². The van der Waals surface area contributed by atoms with Crippen LogP contribution in [0.15, 0.2) is 23.3 Å². The molecule has 1 fully saturated rings. The van der Waals surface area contributed by atoms with Gasteiger partial charge in [0.15, 0.2) is 5.96 Å². The highest BCUT2D eigenvalue weighted by molar-refractivity contribution is 14.0. The van der Waals surface area contributed by atoms with Crippen molar-refractivity contribution in [2.45, 2.75) is 19.6 Å². The molecule has 1 aliphatic rings. The lowest BCUT2D eigenvalue weighted by Gasteiger charge is -2.31. The van der Waals surface area contributed by atoms with Crippen LogP contribution < -0.4 is 5.73 Å². The molecule has 0 saturated carbocycles. The largest absolute Gasteiger partial charge is 0.375 e. The van der Waals surface area contributed by atoms with Gasteiger partial charge in [0.2, 0.25) is 0 Å². The molecule has 7 heteroatoms. The van der Waals surface area contributed by atoms with Crippen molar-refractivity contribution in [2.75, 3.05) is 19.7 Å². The number of pyridine rings is 1. The van der Waals surface area contributed by atoms with Crippen LogP contribution in [0.1, 0.15) is 12.6 Å². The standard InChI is InChI=1S/C12H17FN4O.HI/c1-9-8-17(4-5-18-9)12(14)16-7-11-3-2-10(13)6-15-11;/h2-3,6,9H,4-5,7-8H2,1H3,(H2,14,16);1H. The third kappa shape index (κ3) is 4.90. The highest BCUT2D eigenvalue weighted by Gasteiger charge is 2.17. The van der Waals surface area contributed by atoms with Crippen LogP contribution in [0, 0.1) is 5.82 Å². The van der Waals surface area contributed by atoms with E-state index in [1.165, 1.54) is 12.3 Å². The van der Waals surface area contributed by atoms with Crippen molar-refractivity contribution in [1.82, 2.24) is 9.88 Å². The quantitative estimate of drug-likeness (QED) is 0.478. The van der Waals surface area contributed by atoms with Gasteiger partial charge in [-0.1, -0.05) is 0 Å². The Morgan fingerprint density at radius 1 is 1.63 bits per heavy atom. The number of hydrogen-bond donors (Lipinski definition) is 1. The third-order valence-corrected chi connectivity index (χ3v) is 2.76. The zero-order valence-corrected chi connectivity index (χ0v) is 13.1. The van der Waals surface area contributed by atoms with Gasteiger partial charge in [0.25, 0.3) is 0 Å². The molecular weight excluding hydrogens is 362 g/mol. The molecule has 1 saturated heterocycles. The summed E-state index contributed by atoms with van der Waals surface area (Å²) in [6, 6.07) is 2.97. The Hall–Kier alpha value is -0.960. The van der Waals surface area contributed by atoms with Crippen LogP contribution in [0.25, 0.3) is 0 Å². The summed E-state index contributed by atoms with van der Waals surface area (Å²) < 4.78 is 18.1. The molecule has 0 aliphatic carbocycles. The highest BCUT2D eigenvalue weighted by Crippen LogP contribution is 2.05. The Kier molecular flexibility index (Phi) is 6.43. The zero-order valence-electron chi connectivity index (χ0n) is 10.8. The van der Waals surface area contributed by atoms with Gasteiger partial charge in [-0.05, 0) is 19.1 Å². The number of ether oxygens (including phenoxy) is 1. The fourth-order valence-corrected chi connectivity index (χ4v) is 1.79. The maximum atomic E-state index is 12.7. The number of guanidine groups is 1. The van der Waals surface area contributed by atoms with Crippen molar-refractivity contribution < 1.29 is 9.13 Å². The van der Waals surface area contributed by atoms with E-state index in [1.54, 1.807) is 6.07 Å². The van der Waals surface area contributed by atoms with Gasteiger partial charge in [-0.15, -0.1) is 24.0 Å². The molecule has 0 spiro atoms. The molecule has 1 atom stereocenters. The Labute approximate surface area is 129 Å². The number of hydrogen-bond acceptors (Lipinski definition) is 3. The van der Waals surface area contributed by atoms with E-state index in [0.29, 0.717) is 24.8 Å². The molecule has 1 aromatic rings. The SMILES string of the molecule is CC1CN(C(N)=NCc2ccc(F)cn2)CCO1.I. The maximum absolute atomic E-state index is 12.7. The van der Waals surface area contributed by atoms with Gasteiger partial charge in [-0.2, -0.15) is 0 Å². The third-order valence-electron chi connectivity index (χ3n) is 2.76. The Morgan fingerprint density at radius 2 is 2.42 bits per heavy atom. The van der Waals surface area contributed by atoms with Gasteiger partial charge < -0.3 is 15.4 Å². The molecule has 106 valence electrons. The summed E-state index contributed by atoms with van der Waals surface area (Å²) in [6.07, 6.45) is 1.34. The minimum atomic E-state index is -0.349. The Bertz CT molecular complexity index is 426. The predicted octanol–water partition coefficient (Wildman–Crippen LogP) is 1.37. The predicted molar refractivity (Wildman–Crippen MR) is 81.9 cm³/mol. The normalized spacial score (nSPS) is 20.0. The van der Waals surface area contributed by atoms with Crippen LogP contribution >= 0.6 is 24.0 Å². The van der Waals surface area contributed by atoms with Crippen molar-refractivity contribution in [3.63, 3.8) is 0 Å². The first-order chi connectivity index (χ1) is 8.65. The second kappa shape index (κ2) is 7.59. The molecule has 1 aromatic heterocycles. The summed E-state index contributed by atoms with van der Waals surface area (Å²) in [5.74, 6) is 0.133. The van der Waals surface area contributed by atoms with Crippen molar-refractivity contribution in [1.29, 1.82) is 0 Å². The summed E-state index contributed by atoms with van der Waals surface area (Å²) in [6.45, 7) is 4.51. The van der Waals surface area contributed by atoms with E-state index in [2.05, 4.69) is 9.98 Å². The van der Waals surface area contributed by atoms with Crippen molar-refractivity contribution in [2.24, 2.45) is 10.7 Å². The Morgan fingerprint density at radius 3 is 3.05 bits per heavy atom. The number of halogens is 2. The molecule has 0 bridgehead atoms. The van der Waals surface area contributed by atoms with Gasteiger partial charge >= 0.3 is 0 Å². The molecule has 19 heavy (non-hydrogen) atoms. The first kappa shape index (κ1) is 16.1. The number of rotatable bonds is 2. The van der Waals surface area contributed by atoms with Crippen LogP contribution in [-0.4, -0.2) is 41.6 Å². The molecule has 2 N–H and O–H groups in total. The van der Waals surface area contributed by atoms with E-state index in [-0.39, 0.29) is 35.9 Å². The van der Waals surface area contributed by atoms with Gasteiger partial charge in [0, 0.05) is 13.1 Å². The van der Waals surface area contributed by atoms with E-state index in [9.17, 15) is 4.39 Å². The fourth-order valence-electron chi connectivity index (χ4n) is 1.79. The van der Waals surface area contributed by atoms with Gasteiger partial charge in [-0.3, -0.25) is 4.98 Å². The highest BCUT2D eigenvalue weighted by atomic mass is 127. The van der Waals surface area contributed by atoms with Crippen molar-refractivity contribution >= 4 is 29.9 Å². The van der Waals surface area contributed by atoms with E-state index in [4.69, 9.17) is 10.5 Å². The summed E-state index contributed by atoms with van der Waals surface area (Å²) in [5.41, 5.74) is 6.60. The first-order valence-corrected chi connectivity index (χ1v) is 5.92. The Balaban J connectivity index is 0.00000180. The molecule has 2 heterocycles. The smallest absolute Gasteiger partial charge is 0.191 e. The van der Waals surface area contributed by atoms with E-state index in [1.807, 2.05) is 11.8 Å². The zero-order chi connectivity index (χ0) is 13.0. The first-order valence-electron chi connectivity index (χ1n) is 5.92. The van der Waals surface area contributed by atoms with Gasteiger partial charge in [-0.25, -0.2) is 9.38 Å². The lowest BCUT2D eigenvalue weighted by Crippen LogP contribution is -2.47. The van der Waals surface area contributed by atoms with Crippen LogP contribution in [0.3, 0.4) is 0 Å². The average Bonchev–Trinajstić information content (AvgIpc) is 2.38. The topological polar surface area (TPSA) is 63.7 Å². The summed E-state index contributed by atoms with van der Waals surface area (Å²) in [4.78, 5) is 10.2. The van der Waals surface area contributed by atoms with E-state index < -0.39 is 0 Å². The molecule has 1 aliphatic heterocycles. The minimum absolute atomic E-state index is 0. The minimum Gasteiger partial charge on any atom is -0.375 e. The maximum Gasteiger partial charge on any atom is 0.191 e. The van der Waals surface area contributed by atoms with Crippen LogP contribution in [0.2, 0.25) is 0 Å². The van der Waals surface area contributed by atoms with Crippen LogP contribution in [0.5, 0.6) is 0 Å². The van der Waals surface area contributed by atoms with Crippen LogP contribution in [0.4, 0.5) is 4.39 Å². The molecular formula is C12H18FIN4O. The monoisotopic (exact) mass is 380 g/mol. The number of nitrogens with two attached hydrogens (primary N) is 1. The van der Waals surface area contributed by atoms with Gasteiger partial charge in [0.1, 0.15) is 5.82 Å². The number of aliphatic imine (C=N–C) groups is 1. The van der Waals surface area contributed by atoms with E-state index in [0.717, 1.165) is 13.1 Å². The number of morpholine rings is 1. The van der Waals surface area contributed by atoms with E-state index >= 15 is 0 Å². The molecule has 1 unspecified atom stereocenters. The lowest BCUT2D eigenvalue weighted by atomic mass is 10.3. The molecule has 0 aromatic carbocycles. The van der Waals surface area contributed by atoms with Crippen molar-refractivity contribution in [3.8, 4) is 0 Å².